The number of carbonyl (C=O) groups excluding carboxylic acids is 4. The molecule has 328 valence electrons. The fraction of sp³-hybridized carbons (Fsp3) is 0.591. The van der Waals surface area contributed by atoms with E-state index in [0.29, 0.717) is 17.2 Å². The number of hydrogen-bond acceptors (Lipinski definition) is 12. The van der Waals surface area contributed by atoms with Crippen LogP contribution in [-0.4, -0.2) is 99.5 Å². The van der Waals surface area contributed by atoms with Crippen LogP contribution in [0, 0.1) is 6.92 Å². The average molecular weight is 930 g/mol. The minimum absolute atomic E-state index is 0.0839. The molecule has 0 fully saturated rings. The Morgan fingerprint density at radius 3 is 1.25 bits per heavy atom. The maximum absolute atomic E-state index is 13.4. The molecule has 0 aliphatic carbocycles. The molecule has 2 amide bonds. The molecule has 0 aromatic heterocycles. The summed E-state index contributed by atoms with van der Waals surface area (Å²) in [4.78, 5) is 61.9. The van der Waals surface area contributed by atoms with E-state index in [0.717, 1.165) is 22.3 Å². The topological polar surface area (TPSA) is 160 Å². The number of hydrogen-bond donors (Lipinski definition) is 2. The van der Waals surface area contributed by atoms with Gasteiger partial charge < -0.3 is 9.47 Å². The summed E-state index contributed by atoms with van der Waals surface area (Å²) in [6.45, 7) is 26.8. The summed E-state index contributed by atoms with van der Waals surface area (Å²) >= 11 is -2.74. The number of aryl methyl sites for hydroxylation is 1. The van der Waals surface area contributed by atoms with Gasteiger partial charge >= 0.3 is 266 Å². The Hall–Kier alpha value is -4.34. The molecular weight excluding hydrogens is 859 g/mol. The van der Waals surface area contributed by atoms with Crippen molar-refractivity contribution in [3.05, 3.63) is 64.2 Å². The van der Waals surface area contributed by atoms with Gasteiger partial charge in [0, 0.05) is 0 Å². The molecule has 59 heavy (non-hydrogen) atoms. The zero-order chi connectivity index (χ0) is 45.3. The summed E-state index contributed by atoms with van der Waals surface area (Å²) < 4.78 is 23.6. The summed E-state index contributed by atoms with van der Waals surface area (Å²) in [7, 11) is 0. The average Bonchev–Trinajstić information content (AvgIpc) is 3.04. The van der Waals surface area contributed by atoms with Crippen molar-refractivity contribution >= 4 is 57.8 Å². The Bertz CT molecular complexity index is 1880. The number of amidine groups is 2. The summed E-state index contributed by atoms with van der Waals surface area (Å²) in [5.74, 6) is -0.174. The molecule has 3 rings (SSSR count). The molecule has 1 heterocycles. The first-order chi connectivity index (χ1) is 26.9. The fourth-order valence-electron chi connectivity index (χ4n) is 5.49. The predicted molar refractivity (Wildman–Crippen MR) is 236 cm³/mol. The molecule has 0 saturated carbocycles. The van der Waals surface area contributed by atoms with Crippen molar-refractivity contribution < 1.29 is 38.1 Å². The molecule has 0 radical (unpaired) electrons. The zero-order valence-corrected chi connectivity index (χ0v) is 41.7. The van der Waals surface area contributed by atoms with E-state index in [9.17, 15) is 19.2 Å². The molecule has 0 spiro atoms. The molecule has 0 bridgehead atoms. The number of nitrogens with zero attached hydrogens (tertiary/aromatic N) is 4. The van der Waals surface area contributed by atoms with Crippen LogP contribution < -0.4 is 14.4 Å². The van der Waals surface area contributed by atoms with Crippen LogP contribution in [0.2, 0.25) is 14.8 Å². The van der Waals surface area contributed by atoms with Crippen molar-refractivity contribution in [2.75, 3.05) is 13.1 Å². The molecular formula is C44H70N6O8Sn. The van der Waals surface area contributed by atoms with E-state index in [2.05, 4.69) is 48.0 Å². The Morgan fingerprint density at radius 2 is 0.915 bits per heavy atom. The van der Waals surface area contributed by atoms with Crippen molar-refractivity contribution in [3.63, 3.8) is 0 Å². The SMILES string of the molecule is CC.Cc1cc(CN(CC(=O)OC(C)(C)C)C(=O)OC(C)(C)C)cc(C2=NNC(c3cc(CN(CC(=O)OC(C)(C)C)C(=O)OC(C)(C)C)c[c]([Sn]([CH3])([CH3])[CH3])c3)=NN2)c1. The van der Waals surface area contributed by atoms with E-state index in [4.69, 9.17) is 18.9 Å². The molecule has 1 aliphatic heterocycles. The number of esters is 2. The molecule has 2 aromatic carbocycles. The summed E-state index contributed by atoms with van der Waals surface area (Å²) in [6.07, 6.45) is -1.26. The number of benzene rings is 2. The van der Waals surface area contributed by atoms with Gasteiger partial charge in [-0.1, -0.05) is 13.8 Å². The predicted octanol–water partition coefficient (Wildman–Crippen LogP) is 7.94. The Kier molecular flexibility index (Phi) is 17.5. The molecule has 0 unspecified atom stereocenters. The number of hydrazone groups is 2. The van der Waals surface area contributed by atoms with Gasteiger partial charge in [-0.15, -0.1) is 0 Å². The molecule has 0 atom stereocenters. The van der Waals surface area contributed by atoms with E-state index in [1.165, 1.54) is 13.4 Å². The van der Waals surface area contributed by atoms with Gasteiger partial charge in [0.2, 0.25) is 0 Å². The number of amides is 2. The summed E-state index contributed by atoms with van der Waals surface area (Å²) in [6, 6.07) is 11.8. The van der Waals surface area contributed by atoms with E-state index in [1.807, 2.05) is 45.0 Å². The fourth-order valence-corrected chi connectivity index (χ4v) is 8.94. The van der Waals surface area contributed by atoms with E-state index >= 15 is 0 Å². The number of rotatable bonds is 11. The summed E-state index contributed by atoms with van der Waals surface area (Å²) in [5, 5.41) is 9.29. The standard InChI is InChI=1S/C39H55N6O8.C2H6.3CH3.Sn/c1-25-17-27(22-45(35(49)53-39(11,12)13)24-31(47)51-37(5,6)7)20-29(18-25)33-42-40-32(41-43-33)28-16-14-15-26(19-28)21-44(34(48)52-38(8,9)10)23-30(46)50-36(2,3)4;1-2;;;;/h15-20H,21-24H2,1-13H3,(H,40,41)(H,42,43);1-2H3;3*1H3;. The summed E-state index contributed by atoms with van der Waals surface area (Å²) in [5.41, 5.74) is 7.12. The Balaban J connectivity index is 0.00000590. The normalized spacial score (nSPS) is 13.3. The van der Waals surface area contributed by atoms with Gasteiger partial charge in [-0.05, 0) is 41.5 Å². The molecule has 2 aromatic rings. The third-order valence-corrected chi connectivity index (χ3v) is 13.4. The van der Waals surface area contributed by atoms with Crippen LogP contribution >= 0.6 is 0 Å². The van der Waals surface area contributed by atoms with Gasteiger partial charge in [0.05, 0.1) is 0 Å². The van der Waals surface area contributed by atoms with Gasteiger partial charge in [-0.2, -0.15) is 0 Å². The van der Waals surface area contributed by atoms with Gasteiger partial charge in [0.25, 0.3) is 0 Å². The van der Waals surface area contributed by atoms with Crippen LogP contribution in [0.3, 0.4) is 0 Å². The van der Waals surface area contributed by atoms with Gasteiger partial charge in [0.1, 0.15) is 17.7 Å². The third-order valence-electron chi connectivity index (χ3n) is 7.62. The second-order valence-electron chi connectivity index (χ2n) is 19.4. The van der Waals surface area contributed by atoms with Crippen LogP contribution in [0.5, 0.6) is 0 Å². The van der Waals surface area contributed by atoms with E-state index in [-0.39, 0.29) is 26.2 Å². The molecule has 2 N–H and O–H groups in total. The second-order valence-corrected chi connectivity index (χ2v) is 33.9. The maximum atomic E-state index is 13.4. The van der Waals surface area contributed by atoms with Gasteiger partial charge in [0.15, 0.2) is 0 Å². The minimum atomic E-state index is -2.74. The van der Waals surface area contributed by atoms with E-state index < -0.39 is 64.9 Å². The van der Waals surface area contributed by atoms with Crippen molar-refractivity contribution in [1.29, 1.82) is 0 Å². The van der Waals surface area contributed by atoms with Gasteiger partial charge in [-0.3, -0.25) is 4.79 Å². The third kappa shape index (κ3) is 18.6. The van der Waals surface area contributed by atoms with Crippen LogP contribution in [0.1, 0.15) is 125 Å². The van der Waals surface area contributed by atoms with Crippen molar-refractivity contribution in [3.8, 4) is 0 Å². The molecule has 1 aliphatic rings. The number of ether oxygens (including phenoxy) is 4. The van der Waals surface area contributed by atoms with Crippen LogP contribution in [-0.2, 0) is 41.6 Å². The molecule has 0 saturated heterocycles. The number of carbonyl (C=O) groups is 4. The van der Waals surface area contributed by atoms with Crippen molar-refractivity contribution in [2.45, 2.75) is 154 Å². The van der Waals surface area contributed by atoms with Crippen molar-refractivity contribution in [1.82, 2.24) is 20.7 Å². The quantitative estimate of drug-likeness (QED) is 0.129. The van der Waals surface area contributed by atoms with E-state index in [1.54, 1.807) is 83.1 Å². The molecule has 14 nitrogen and oxygen atoms in total. The first-order valence-electron chi connectivity index (χ1n) is 20.2. The first kappa shape index (κ1) is 50.8. The van der Waals surface area contributed by atoms with Crippen LogP contribution in [0.25, 0.3) is 0 Å². The molecule has 15 heteroatoms. The Labute approximate surface area is 356 Å². The first-order valence-corrected chi connectivity index (χ1v) is 30.2. The number of nitrogens with one attached hydrogen (secondary N) is 2. The monoisotopic (exact) mass is 930 g/mol. The Morgan fingerprint density at radius 1 is 0.559 bits per heavy atom. The second kappa shape index (κ2) is 20.3. The van der Waals surface area contributed by atoms with Crippen molar-refractivity contribution in [2.24, 2.45) is 10.2 Å². The zero-order valence-electron chi connectivity index (χ0n) is 38.8. The van der Waals surface area contributed by atoms with Gasteiger partial charge in [-0.25, -0.2) is 4.79 Å². The van der Waals surface area contributed by atoms with Crippen LogP contribution in [0.4, 0.5) is 9.59 Å². The van der Waals surface area contributed by atoms with Crippen LogP contribution in [0.15, 0.2) is 46.6 Å².